The van der Waals surface area contributed by atoms with E-state index in [2.05, 4.69) is 10.2 Å². The number of carboxylic acids is 1. The molecular formula is C21H24N4O5S. The summed E-state index contributed by atoms with van der Waals surface area (Å²) in [4.78, 5) is 26.2. The fourth-order valence-corrected chi connectivity index (χ4v) is 4.20. The number of carboxylic acid groups (broad SMARTS) is 1. The van der Waals surface area contributed by atoms with Crippen LogP contribution in [0.4, 0.5) is 5.69 Å². The van der Waals surface area contributed by atoms with E-state index in [1.807, 2.05) is 24.3 Å². The number of hydrogen-bond donors (Lipinski definition) is 2. The van der Waals surface area contributed by atoms with Gasteiger partial charge in [0.1, 0.15) is 27.6 Å². The first kappa shape index (κ1) is 22.6. The molecule has 1 aromatic heterocycles. The molecule has 1 aliphatic rings. The van der Waals surface area contributed by atoms with Crippen LogP contribution < -0.4 is 24.8 Å². The second-order valence-electron chi connectivity index (χ2n) is 6.73. The Balaban J connectivity index is 1.74. The highest BCUT2D eigenvalue weighted by Gasteiger charge is 2.14. The largest absolute Gasteiger partial charge is 0.492 e. The summed E-state index contributed by atoms with van der Waals surface area (Å²) in [5.41, 5.74) is -0.0647. The number of thiazole rings is 1. The van der Waals surface area contributed by atoms with Gasteiger partial charge in [-0.2, -0.15) is 5.26 Å². The highest BCUT2D eigenvalue weighted by molar-refractivity contribution is 7.07. The van der Waals surface area contributed by atoms with Crippen molar-refractivity contribution in [2.24, 2.45) is 0 Å². The zero-order valence-electron chi connectivity index (χ0n) is 17.2. The average molecular weight is 445 g/mol. The van der Waals surface area contributed by atoms with Crippen molar-refractivity contribution in [2.45, 2.75) is 13.5 Å². The summed E-state index contributed by atoms with van der Waals surface area (Å²) in [7, 11) is 0. The number of anilines is 1. The van der Waals surface area contributed by atoms with Crippen molar-refractivity contribution < 1.29 is 19.4 Å². The molecule has 2 aromatic rings. The van der Waals surface area contributed by atoms with Gasteiger partial charge in [-0.3, -0.25) is 14.3 Å². The number of nitriles is 1. The van der Waals surface area contributed by atoms with E-state index in [9.17, 15) is 14.7 Å². The van der Waals surface area contributed by atoms with Crippen molar-refractivity contribution in [2.75, 3.05) is 44.8 Å². The molecule has 1 aromatic carbocycles. The zero-order chi connectivity index (χ0) is 22.2. The smallest absolute Gasteiger partial charge is 0.349 e. The van der Waals surface area contributed by atoms with Crippen LogP contribution in [0.5, 0.6) is 5.75 Å². The van der Waals surface area contributed by atoms with Crippen LogP contribution in [0.3, 0.4) is 0 Å². The molecule has 1 fully saturated rings. The highest BCUT2D eigenvalue weighted by Crippen LogP contribution is 2.17. The van der Waals surface area contributed by atoms with E-state index in [-0.39, 0.29) is 16.8 Å². The summed E-state index contributed by atoms with van der Waals surface area (Å²) < 4.78 is 12.9. The molecule has 1 aliphatic heterocycles. The van der Waals surface area contributed by atoms with Gasteiger partial charge in [-0.15, -0.1) is 11.3 Å². The third kappa shape index (κ3) is 5.73. The Bertz CT molecular complexity index is 1140. The lowest BCUT2D eigenvalue weighted by molar-refractivity contribution is -0.130. The third-order valence-corrected chi connectivity index (χ3v) is 5.88. The molecule has 0 bridgehead atoms. The standard InChI is InChI=1S/C21H24N4O5S/c1-2-25-19(26)18(31-20(25)17(13-22)21(27)28)14-23-15-4-3-5-16(12-15)30-11-8-24-6-9-29-10-7-24/h3-5,12,14,23H,2,6-11H2,1H3,(H,27,28). The predicted octanol–water partition coefficient (Wildman–Crippen LogP) is 0.250. The lowest BCUT2D eigenvalue weighted by atomic mass is 10.3. The van der Waals surface area contributed by atoms with Gasteiger partial charge >= 0.3 is 5.97 Å². The van der Waals surface area contributed by atoms with Gasteiger partial charge < -0.3 is 19.9 Å². The summed E-state index contributed by atoms with van der Waals surface area (Å²) >= 11 is 0.970. The number of morpholine rings is 1. The maximum atomic E-state index is 12.6. The van der Waals surface area contributed by atoms with Crippen molar-refractivity contribution in [3.8, 4) is 11.8 Å². The summed E-state index contributed by atoms with van der Waals surface area (Å²) in [6.07, 6.45) is 1.52. The minimum absolute atomic E-state index is 0.135. The Morgan fingerprint density at radius 3 is 2.87 bits per heavy atom. The third-order valence-electron chi connectivity index (χ3n) is 4.75. The minimum atomic E-state index is -1.35. The number of aromatic nitrogens is 1. The van der Waals surface area contributed by atoms with Gasteiger partial charge in [-0.05, 0) is 19.1 Å². The van der Waals surface area contributed by atoms with Gasteiger partial charge in [0, 0.05) is 44.1 Å². The number of nitrogens with zero attached hydrogens (tertiary/aromatic N) is 3. The molecule has 2 N–H and O–H groups in total. The molecule has 2 heterocycles. The summed E-state index contributed by atoms with van der Waals surface area (Å²) in [5, 5.41) is 21.4. The number of ether oxygens (including phenoxy) is 2. The molecule has 31 heavy (non-hydrogen) atoms. The van der Waals surface area contributed by atoms with Crippen LogP contribution in [0.1, 0.15) is 6.92 Å². The van der Waals surface area contributed by atoms with Crippen LogP contribution in [-0.4, -0.2) is 60.0 Å². The molecular weight excluding hydrogens is 420 g/mol. The molecule has 0 aliphatic carbocycles. The van der Waals surface area contributed by atoms with E-state index in [4.69, 9.17) is 14.7 Å². The molecule has 0 amide bonds. The quantitative estimate of drug-likeness (QED) is 0.595. The molecule has 164 valence electrons. The molecule has 10 heteroatoms. The summed E-state index contributed by atoms with van der Waals surface area (Å²) in [5.74, 6) is -0.650. The molecule has 1 saturated heterocycles. The van der Waals surface area contributed by atoms with Crippen molar-refractivity contribution >= 4 is 34.8 Å². The Kier molecular flexibility index (Phi) is 7.83. The van der Waals surface area contributed by atoms with Crippen LogP contribution in [0.25, 0.3) is 11.8 Å². The van der Waals surface area contributed by atoms with E-state index in [0.717, 1.165) is 49.9 Å². The second kappa shape index (κ2) is 10.8. The van der Waals surface area contributed by atoms with Crippen LogP contribution in [0, 0.1) is 11.3 Å². The number of benzene rings is 1. The van der Waals surface area contributed by atoms with Crippen molar-refractivity contribution in [1.29, 1.82) is 5.26 Å². The Morgan fingerprint density at radius 2 is 2.19 bits per heavy atom. The molecule has 0 saturated carbocycles. The van der Waals surface area contributed by atoms with Gasteiger partial charge in [0.2, 0.25) is 0 Å². The van der Waals surface area contributed by atoms with Gasteiger partial charge in [0.25, 0.3) is 5.56 Å². The van der Waals surface area contributed by atoms with E-state index < -0.39 is 11.5 Å². The van der Waals surface area contributed by atoms with Crippen molar-refractivity contribution in [3.63, 3.8) is 0 Å². The Labute approximate surface area is 183 Å². The molecule has 3 rings (SSSR count). The fourth-order valence-electron chi connectivity index (χ4n) is 3.12. The van der Waals surface area contributed by atoms with Gasteiger partial charge in [0.05, 0.1) is 13.2 Å². The zero-order valence-corrected chi connectivity index (χ0v) is 18.0. The number of carbonyl (C=O) groups is 1. The molecule has 0 unspecified atom stereocenters. The lowest BCUT2D eigenvalue weighted by Gasteiger charge is -2.26. The first-order chi connectivity index (χ1) is 15.0. The number of rotatable bonds is 8. The van der Waals surface area contributed by atoms with Crippen LogP contribution in [-0.2, 0) is 16.1 Å². The Hall–Kier alpha value is -3.13. The summed E-state index contributed by atoms with van der Waals surface area (Å²) in [6, 6.07) is 9.03. The van der Waals surface area contributed by atoms with Gasteiger partial charge in [-0.1, -0.05) is 6.07 Å². The monoisotopic (exact) mass is 444 g/mol. The molecule has 0 spiro atoms. The van der Waals surface area contributed by atoms with Crippen LogP contribution >= 0.6 is 11.3 Å². The van der Waals surface area contributed by atoms with Crippen LogP contribution in [0.15, 0.2) is 29.1 Å². The number of aliphatic carboxylic acids is 1. The van der Waals surface area contributed by atoms with Gasteiger partial charge in [-0.25, -0.2) is 4.79 Å². The van der Waals surface area contributed by atoms with E-state index in [1.54, 1.807) is 13.0 Å². The maximum Gasteiger partial charge on any atom is 0.349 e. The first-order valence-electron chi connectivity index (χ1n) is 9.90. The average Bonchev–Trinajstić information content (AvgIpc) is 3.08. The number of nitrogens with one attached hydrogen (secondary N) is 1. The SMILES string of the molecule is CCn1c(=C(C#N)C(=O)O)sc(=CNc2cccc(OCCN3CCOCC3)c2)c1=O. The number of hydrogen-bond acceptors (Lipinski definition) is 8. The maximum absolute atomic E-state index is 12.6. The fraction of sp³-hybridized carbons (Fsp3) is 0.381. The van der Waals surface area contributed by atoms with Crippen molar-refractivity contribution in [1.82, 2.24) is 9.47 Å². The van der Waals surface area contributed by atoms with E-state index in [1.165, 1.54) is 10.8 Å². The molecule has 9 nitrogen and oxygen atoms in total. The normalized spacial score (nSPS) is 15.9. The topological polar surface area (TPSA) is 117 Å². The molecule has 0 atom stereocenters. The Morgan fingerprint density at radius 1 is 1.42 bits per heavy atom. The lowest BCUT2D eigenvalue weighted by Crippen LogP contribution is -2.38. The van der Waals surface area contributed by atoms with Crippen molar-refractivity contribution in [3.05, 3.63) is 43.8 Å². The highest BCUT2D eigenvalue weighted by atomic mass is 32.1. The van der Waals surface area contributed by atoms with Crippen LogP contribution in [0.2, 0.25) is 0 Å². The predicted molar refractivity (Wildman–Crippen MR) is 117 cm³/mol. The minimum Gasteiger partial charge on any atom is -0.492 e. The first-order valence-corrected chi connectivity index (χ1v) is 10.7. The van der Waals surface area contributed by atoms with E-state index >= 15 is 0 Å². The summed E-state index contributed by atoms with van der Waals surface area (Å²) in [6.45, 7) is 6.69. The van der Waals surface area contributed by atoms with Gasteiger partial charge in [0.15, 0.2) is 5.57 Å². The molecule has 0 radical (unpaired) electrons. The van der Waals surface area contributed by atoms with E-state index in [0.29, 0.717) is 16.9 Å². The second-order valence-corrected chi connectivity index (χ2v) is 7.76.